The molecule has 0 radical (unpaired) electrons. The maximum atomic E-state index is 10.7. The van der Waals surface area contributed by atoms with Crippen LogP contribution in [0.2, 0.25) is 10.0 Å². The van der Waals surface area contributed by atoms with Crippen LogP contribution < -0.4 is 4.74 Å². The highest BCUT2D eigenvalue weighted by atomic mass is 35.5. The molecule has 1 unspecified atom stereocenters. The minimum absolute atomic E-state index is 0.429. The number of aliphatic hydroxyl groups is 1. The Bertz CT molecular complexity index is 658. The molecule has 112 valence electrons. The van der Waals surface area contributed by atoms with Gasteiger partial charge in [-0.25, -0.2) is 0 Å². The zero-order chi connectivity index (χ0) is 15.7. The first kappa shape index (κ1) is 16.2. The van der Waals surface area contributed by atoms with Crippen molar-refractivity contribution in [2.45, 2.75) is 26.9 Å². The van der Waals surface area contributed by atoms with Crippen molar-refractivity contribution in [3.63, 3.8) is 0 Å². The van der Waals surface area contributed by atoms with Gasteiger partial charge >= 0.3 is 0 Å². The highest BCUT2D eigenvalue weighted by Crippen LogP contribution is 2.38. The molecular weight excluding hydrogens is 307 g/mol. The molecule has 0 saturated carbocycles. The largest absolute Gasteiger partial charge is 0.495 e. The van der Waals surface area contributed by atoms with Gasteiger partial charge in [-0.2, -0.15) is 0 Å². The van der Waals surface area contributed by atoms with E-state index in [4.69, 9.17) is 27.9 Å². The number of aliphatic hydroxyl groups excluding tert-OH is 1. The molecule has 0 heterocycles. The molecule has 0 spiro atoms. The van der Waals surface area contributed by atoms with E-state index in [1.165, 1.54) is 12.7 Å². The maximum absolute atomic E-state index is 10.7. The second-order valence-corrected chi connectivity index (χ2v) is 6.04. The normalized spacial score (nSPS) is 12.3. The van der Waals surface area contributed by atoms with Crippen LogP contribution in [0.25, 0.3) is 0 Å². The van der Waals surface area contributed by atoms with E-state index in [-0.39, 0.29) is 0 Å². The highest BCUT2D eigenvalue weighted by molar-refractivity contribution is 6.34. The molecule has 0 bridgehead atoms. The van der Waals surface area contributed by atoms with Gasteiger partial charge in [-0.3, -0.25) is 0 Å². The Hall–Kier alpha value is -1.22. The minimum atomic E-state index is -0.818. The summed E-state index contributed by atoms with van der Waals surface area (Å²) in [5, 5.41) is 11.6. The molecule has 2 nitrogen and oxygen atoms in total. The molecule has 0 aliphatic carbocycles. The van der Waals surface area contributed by atoms with Crippen molar-refractivity contribution in [3.8, 4) is 5.75 Å². The number of hydrogen-bond acceptors (Lipinski definition) is 2. The quantitative estimate of drug-likeness (QED) is 0.859. The van der Waals surface area contributed by atoms with Crippen molar-refractivity contribution in [1.29, 1.82) is 0 Å². The fraction of sp³-hybridized carbons (Fsp3) is 0.294. The topological polar surface area (TPSA) is 29.5 Å². The van der Waals surface area contributed by atoms with E-state index >= 15 is 0 Å². The summed E-state index contributed by atoms with van der Waals surface area (Å²) < 4.78 is 5.13. The third-order valence-electron chi connectivity index (χ3n) is 3.58. The highest BCUT2D eigenvalue weighted by Gasteiger charge is 2.20. The summed E-state index contributed by atoms with van der Waals surface area (Å²) in [7, 11) is 1.53. The molecular formula is C17H18Cl2O2. The lowest BCUT2D eigenvalue weighted by atomic mass is 9.92. The van der Waals surface area contributed by atoms with Crippen LogP contribution in [0.1, 0.15) is 33.9 Å². The van der Waals surface area contributed by atoms with Crippen molar-refractivity contribution in [3.05, 3.63) is 62.1 Å². The monoisotopic (exact) mass is 324 g/mol. The van der Waals surface area contributed by atoms with Gasteiger partial charge in [0.15, 0.2) is 0 Å². The van der Waals surface area contributed by atoms with Gasteiger partial charge < -0.3 is 9.84 Å². The van der Waals surface area contributed by atoms with Crippen LogP contribution in [0.3, 0.4) is 0 Å². The summed E-state index contributed by atoms with van der Waals surface area (Å²) in [6.07, 6.45) is -0.818. The SMILES string of the molecule is COc1cc(Cl)c(C(O)c2c(C)cc(C)cc2C)cc1Cl. The molecule has 2 rings (SSSR count). The first-order valence-electron chi connectivity index (χ1n) is 6.64. The number of benzene rings is 2. The van der Waals surface area contributed by atoms with Crippen LogP contribution >= 0.6 is 23.2 Å². The zero-order valence-corrected chi connectivity index (χ0v) is 14.0. The molecule has 2 aromatic rings. The Morgan fingerprint density at radius 3 is 2.05 bits per heavy atom. The Morgan fingerprint density at radius 1 is 0.952 bits per heavy atom. The van der Waals surface area contributed by atoms with Crippen LogP contribution in [-0.2, 0) is 0 Å². The van der Waals surface area contributed by atoms with Gasteiger partial charge in [0.05, 0.1) is 17.2 Å². The first-order chi connectivity index (χ1) is 9.85. The Balaban J connectivity index is 2.55. The summed E-state index contributed by atoms with van der Waals surface area (Å²) in [4.78, 5) is 0. The molecule has 21 heavy (non-hydrogen) atoms. The molecule has 4 heteroatoms. The average molecular weight is 325 g/mol. The van der Waals surface area contributed by atoms with Crippen LogP contribution in [0.5, 0.6) is 5.75 Å². The van der Waals surface area contributed by atoms with Crippen LogP contribution in [-0.4, -0.2) is 12.2 Å². The van der Waals surface area contributed by atoms with Gasteiger partial charge in [-0.05, 0) is 43.5 Å². The lowest BCUT2D eigenvalue weighted by Gasteiger charge is -2.20. The lowest BCUT2D eigenvalue weighted by Crippen LogP contribution is -2.06. The molecule has 0 aliphatic rings. The summed E-state index contributed by atoms with van der Waals surface area (Å²) in [5.41, 5.74) is 4.67. The fourth-order valence-electron chi connectivity index (χ4n) is 2.69. The van der Waals surface area contributed by atoms with Gasteiger partial charge in [0.2, 0.25) is 0 Å². The van der Waals surface area contributed by atoms with Crippen LogP contribution in [0.4, 0.5) is 0 Å². The first-order valence-corrected chi connectivity index (χ1v) is 7.39. The van der Waals surface area contributed by atoms with Gasteiger partial charge in [-0.15, -0.1) is 0 Å². The Kier molecular flexibility index (Phi) is 4.82. The lowest BCUT2D eigenvalue weighted by molar-refractivity contribution is 0.218. The second kappa shape index (κ2) is 6.27. The summed E-state index contributed by atoms with van der Waals surface area (Å²) >= 11 is 12.4. The van der Waals surface area contributed by atoms with E-state index in [9.17, 15) is 5.11 Å². The molecule has 0 amide bonds. The molecule has 0 aliphatic heterocycles. The van der Waals surface area contributed by atoms with Crippen molar-refractivity contribution in [1.82, 2.24) is 0 Å². The van der Waals surface area contributed by atoms with Gasteiger partial charge in [0.1, 0.15) is 11.9 Å². The van der Waals surface area contributed by atoms with Crippen LogP contribution in [0.15, 0.2) is 24.3 Å². The van der Waals surface area contributed by atoms with Gasteiger partial charge in [0, 0.05) is 11.6 Å². The molecule has 0 saturated heterocycles. The molecule has 1 N–H and O–H groups in total. The summed E-state index contributed by atoms with van der Waals surface area (Å²) in [5.74, 6) is 0.495. The molecule has 2 aromatic carbocycles. The number of rotatable bonds is 3. The van der Waals surface area contributed by atoms with E-state index in [0.717, 1.165) is 16.7 Å². The van der Waals surface area contributed by atoms with E-state index in [1.807, 2.05) is 32.9 Å². The van der Waals surface area contributed by atoms with Gasteiger partial charge in [0.25, 0.3) is 0 Å². The van der Waals surface area contributed by atoms with E-state index in [1.54, 1.807) is 12.1 Å². The summed E-state index contributed by atoms with van der Waals surface area (Å²) in [6, 6.07) is 7.38. The molecule has 0 fully saturated rings. The number of ether oxygens (including phenoxy) is 1. The molecule has 1 atom stereocenters. The number of hydrogen-bond donors (Lipinski definition) is 1. The van der Waals surface area contributed by atoms with Crippen LogP contribution in [0, 0.1) is 20.8 Å². The maximum Gasteiger partial charge on any atom is 0.138 e. The van der Waals surface area contributed by atoms with Crippen molar-refractivity contribution in [2.75, 3.05) is 7.11 Å². The van der Waals surface area contributed by atoms with E-state index in [2.05, 4.69) is 0 Å². The number of aryl methyl sites for hydroxylation is 3. The standard InChI is InChI=1S/C17H18Cl2O2/c1-9-5-10(2)16(11(3)6-9)17(20)12-7-14(19)15(21-4)8-13(12)18/h5-8,17,20H,1-4H3. The third kappa shape index (κ3) is 3.18. The molecule has 0 aromatic heterocycles. The summed E-state index contributed by atoms with van der Waals surface area (Å²) in [6.45, 7) is 6.00. The fourth-order valence-corrected chi connectivity index (χ4v) is 3.19. The van der Waals surface area contributed by atoms with Crippen molar-refractivity contribution >= 4 is 23.2 Å². The van der Waals surface area contributed by atoms with Crippen molar-refractivity contribution < 1.29 is 9.84 Å². The number of methoxy groups -OCH3 is 1. The Labute approximate surface area is 135 Å². The zero-order valence-electron chi connectivity index (χ0n) is 12.5. The smallest absolute Gasteiger partial charge is 0.138 e. The van der Waals surface area contributed by atoms with Crippen molar-refractivity contribution in [2.24, 2.45) is 0 Å². The average Bonchev–Trinajstić information content (AvgIpc) is 2.39. The van der Waals surface area contributed by atoms with E-state index < -0.39 is 6.10 Å². The Morgan fingerprint density at radius 2 is 1.52 bits per heavy atom. The third-order valence-corrected chi connectivity index (χ3v) is 4.20. The number of halogens is 2. The second-order valence-electron chi connectivity index (χ2n) is 5.22. The van der Waals surface area contributed by atoms with E-state index in [0.29, 0.717) is 21.4 Å². The minimum Gasteiger partial charge on any atom is -0.495 e. The predicted molar refractivity (Wildman–Crippen MR) is 87.7 cm³/mol. The predicted octanol–water partition coefficient (Wildman–Crippen LogP) is 5.01. The van der Waals surface area contributed by atoms with Gasteiger partial charge in [-0.1, -0.05) is 40.9 Å².